The fourth-order valence-corrected chi connectivity index (χ4v) is 12.8. The third-order valence-electron chi connectivity index (χ3n) is 8.94. The van der Waals surface area contributed by atoms with Crippen LogP contribution in [-0.4, -0.2) is 42.4 Å². The highest BCUT2D eigenvalue weighted by Crippen LogP contribution is 2.42. The number of amides is 1. The number of anilines is 1. The Morgan fingerprint density at radius 1 is 1.18 bits per heavy atom. The molecule has 1 unspecified atom stereocenters. The van der Waals surface area contributed by atoms with Gasteiger partial charge in [-0.25, -0.2) is 4.21 Å². The van der Waals surface area contributed by atoms with Crippen molar-refractivity contribution in [3.05, 3.63) is 45.8 Å². The number of hydrogen-bond acceptors (Lipinski definition) is 6. The number of benzene rings is 1. The lowest BCUT2D eigenvalue weighted by molar-refractivity contribution is -0.182. The van der Waals surface area contributed by atoms with Crippen LogP contribution >= 0.6 is 11.3 Å². The van der Waals surface area contributed by atoms with Crippen LogP contribution in [0.5, 0.6) is 0 Å². The van der Waals surface area contributed by atoms with Crippen molar-refractivity contribution in [3.63, 3.8) is 0 Å². The lowest BCUT2D eigenvalue weighted by Crippen LogP contribution is -2.45. The van der Waals surface area contributed by atoms with Crippen molar-refractivity contribution in [1.29, 1.82) is 0 Å². The van der Waals surface area contributed by atoms with E-state index in [4.69, 9.17) is 8.77 Å². The Morgan fingerprint density at radius 2 is 1.92 bits per heavy atom. The summed E-state index contributed by atoms with van der Waals surface area (Å²) in [5, 5.41) is 13.9. The maximum Gasteiger partial charge on any atom is 0.238 e. The molecule has 2 heterocycles. The summed E-state index contributed by atoms with van der Waals surface area (Å²) in [5.74, 6) is 0.267. The van der Waals surface area contributed by atoms with Gasteiger partial charge >= 0.3 is 0 Å². The summed E-state index contributed by atoms with van der Waals surface area (Å²) in [6.07, 6.45) is 7.91. The van der Waals surface area contributed by atoms with E-state index in [1.807, 2.05) is 6.07 Å². The summed E-state index contributed by atoms with van der Waals surface area (Å²) < 4.78 is 25.6. The minimum Gasteiger partial charge on any atom is -0.379 e. The Kier molecular flexibility index (Phi) is 7.48. The van der Waals surface area contributed by atoms with Crippen LogP contribution in [-0.2, 0) is 44.1 Å². The largest absolute Gasteiger partial charge is 0.379 e. The summed E-state index contributed by atoms with van der Waals surface area (Å²) in [6.45, 7) is 11.1. The SMILES string of the molecule is CC(C)(C)[Si](C)(C)N=S(=O)(CC(=O)Nc1c(CC2CCC2)ccc2c1CCC2)c1ccc(C2(O)COC2)s1. The number of hydrogen-bond donors (Lipinski definition) is 2. The van der Waals surface area contributed by atoms with Gasteiger partial charge in [0.25, 0.3) is 0 Å². The van der Waals surface area contributed by atoms with Gasteiger partial charge in [-0.2, -0.15) is 0 Å². The maximum atomic E-state index is 14.8. The number of ether oxygens (including phenoxy) is 1. The first-order valence-electron chi connectivity index (χ1n) is 13.9. The van der Waals surface area contributed by atoms with Gasteiger partial charge in [0.1, 0.15) is 11.4 Å². The summed E-state index contributed by atoms with van der Waals surface area (Å²) in [7, 11) is -5.42. The topological polar surface area (TPSA) is 88.0 Å². The predicted octanol–water partition coefficient (Wildman–Crippen LogP) is 6.27. The lowest BCUT2D eigenvalue weighted by atomic mass is 9.80. The van der Waals surface area contributed by atoms with Gasteiger partial charge in [0.05, 0.1) is 27.2 Å². The molecule has 2 N–H and O–H groups in total. The van der Waals surface area contributed by atoms with Crippen LogP contribution in [0.4, 0.5) is 5.69 Å². The highest BCUT2D eigenvalue weighted by Gasteiger charge is 2.41. The van der Waals surface area contributed by atoms with Gasteiger partial charge < -0.3 is 15.2 Å². The van der Waals surface area contributed by atoms with Gasteiger partial charge in [-0.3, -0.25) is 8.82 Å². The molecule has 2 aromatic rings. The molecule has 2 aliphatic carbocycles. The van der Waals surface area contributed by atoms with E-state index in [0.717, 1.165) is 36.2 Å². The van der Waals surface area contributed by atoms with Gasteiger partial charge in [-0.05, 0) is 78.6 Å². The first-order chi connectivity index (χ1) is 17.8. The quantitative estimate of drug-likeness (QED) is 0.364. The molecule has 1 saturated carbocycles. The van der Waals surface area contributed by atoms with Gasteiger partial charge in [0.15, 0.2) is 8.24 Å². The van der Waals surface area contributed by atoms with Crippen LogP contribution in [0.3, 0.4) is 0 Å². The van der Waals surface area contributed by atoms with Crippen LogP contribution in [0.15, 0.2) is 32.5 Å². The number of carbonyl (C=O) groups excluding carboxylic acids is 1. The number of thiophene rings is 1. The molecule has 1 aliphatic heterocycles. The molecule has 6 nitrogen and oxygen atoms in total. The maximum absolute atomic E-state index is 14.8. The van der Waals surface area contributed by atoms with Gasteiger partial charge in [0, 0.05) is 10.6 Å². The third kappa shape index (κ3) is 5.41. The highest BCUT2D eigenvalue weighted by molar-refractivity contribution is 7.97. The van der Waals surface area contributed by atoms with Crippen LogP contribution < -0.4 is 5.32 Å². The van der Waals surface area contributed by atoms with Crippen molar-refractivity contribution in [2.75, 3.05) is 24.3 Å². The molecule has 0 bridgehead atoms. The van der Waals surface area contributed by atoms with Crippen LogP contribution in [0.2, 0.25) is 18.1 Å². The average molecular weight is 575 g/mol. The van der Waals surface area contributed by atoms with Gasteiger partial charge in [0.2, 0.25) is 5.91 Å². The Labute approximate surface area is 232 Å². The molecule has 3 aliphatic rings. The minimum atomic E-state index is -3.05. The van der Waals surface area contributed by atoms with E-state index >= 15 is 0 Å². The zero-order valence-corrected chi connectivity index (χ0v) is 26.0. The second-order valence-electron chi connectivity index (χ2n) is 13.0. The number of aryl methyl sites for hydroxylation is 1. The van der Waals surface area contributed by atoms with Crippen molar-refractivity contribution in [1.82, 2.24) is 0 Å². The zero-order valence-electron chi connectivity index (χ0n) is 23.4. The molecule has 38 heavy (non-hydrogen) atoms. The third-order valence-corrected chi connectivity index (χ3v) is 19.1. The molecule has 5 rings (SSSR count). The van der Waals surface area contributed by atoms with Crippen molar-refractivity contribution in [2.24, 2.45) is 9.95 Å². The number of nitrogens with zero attached hydrogens (tertiary/aromatic N) is 1. The van der Waals surface area contributed by atoms with E-state index < -0.39 is 23.6 Å². The zero-order chi connectivity index (χ0) is 27.3. The fourth-order valence-electron chi connectivity index (χ4n) is 5.24. The number of carbonyl (C=O) groups is 1. The fraction of sp³-hybridized carbons (Fsp3) is 0.621. The van der Waals surface area contributed by atoms with Crippen LogP contribution in [0, 0.1) is 5.92 Å². The number of nitrogens with one attached hydrogen (secondary N) is 1. The Morgan fingerprint density at radius 3 is 2.53 bits per heavy atom. The molecule has 1 aromatic heterocycles. The minimum absolute atomic E-state index is 0.123. The second kappa shape index (κ2) is 10.1. The summed E-state index contributed by atoms with van der Waals surface area (Å²) in [5.41, 5.74) is 3.71. The summed E-state index contributed by atoms with van der Waals surface area (Å²) in [4.78, 5) is 14.5. The first kappa shape index (κ1) is 28.0. The van der Waals surface area contributed by atoms with Gasteiger partial charge in [-0.1, -0.05) is 52.2 Å². The number of aliphatic hydroxyl groups is 1. The Bertz CT molecular complexity index is 1340. The Hall–Kier alpha value is -1.52. The normalized spacial score (nSPS) is 20.7. The molecule has 0 spiro atoms. The predicted molar refractivity (Wildman–Crippen MR) is 158 cm³/mol. The first-order valence-corrected chi connectivity index (χ1v) is 19.3. The van der Waals surface area contributed by atoms with E-state index in [1.54, 1.807) is 6.07 Å². The average Bonchev–Trinajstić information content (AvgIpc) is 3.45. The number of fused-ring (bicyclic) bond motifs is 1. The van der Waals surface area contributed by atoms with Crippen molar-refractivity contribution in [3.8, 4) is 0 Å². The van der Waals surface area contributed by atoms with E-state index in [1.165, 1.54) is 47.3 Å². The summed E-state index contributed by atoms with van der Waals surface area (Å²) in [6, 6.07) is 8.05. The standard InChI is InChI=1S/C29H42N2O4S2Si/c1-28(2,3)38(4,5)31-37(34,26-15-14-24(36-26)29(33)18-35-19-29)17-25(32)30-27-22(16-20-8-6-9-20)13-12-21-10-7-11-23(21)27/h12-15,20,33H,6-11,16-19H2,1-5H3,(H,30,32). The van der Waals surface area contributed by atoms with Crippen LogP contribution in [0.1, 0.15) is 68.0 Å². The molecule has 2 fully saturated rings. The second-order valence-corrected chi connectivity index (χ2v) is 21.7. The molecule has 9 heteroatoms. The van der Waals surface area contributed by atoms with E-state index in [2.05, 4.69) is 51.3 Å². The van der Waals surface area contributed by atoms with Crippen molar-refractivity contribution < 1.29 is 18.8 Å². The molecule has 1 saturated heterocycles. The van der Waals surface area contributed by atoms with E-state index in [9.17, 15) is 14.1 Å². The molecular formula is C29H42N2O4S2Si. The molecule has 208 valence electrons. The van der Waals surface area contributed by atoms with Crippen molar-refractivity contribution >= 4 is 40.9 Å². The molecule has 1 amide bonds. The molecule has 0 radical (unpaired) electrons. The highest BCUT2D eigenvalue weighted by atomic mass is 32.2. The van der Waals surface area contributed by atoms with E-state index in [-0.39, 0.29) is 29.9 Å². The number of rotatable bonds is 8. The smallest absolute Gasteiger partial charge is 0.238 e. The van der Waals surface area contributed by atoms with Gasteiger partial charge in [-0.15, -0.1) is 11.3 Å². The van der Waals surface area contributed by atoms with Crippen LogP contribution in [0.25, 0.3) is 0 Å². The molecular weight excluding hydrogens is 533 g/mol. The monoisotopic (exact) mass is 574 g/mol. The van der Waals surface area contributed by atoms with Crippen molar-refractivity contribution in [2.45, 2.75) is 93.7 Å². The Balaban J connectivity index is 1.48. The lowest BCUT2D eigenvalue weighted by Gasteiger charge is -2.35. The van der Waals surface area contributed by atoms with E-state index in [0.29, 0.717) is 10.1 Å². The molecule has 1 aromatic carbocycles. The molecule has 1 atom stereocenters. The summed E-state index contributed by atoms with van der Waals surface area (Å²) >= 11 is 1.31.